The van der Waals surface area contributed by atoms with Gasteiger partial charge in [-0.15, -0.1) is 0 Å². The van der Waals surface area contributed by atoms with Crippen LogP contribution in [-0.4, -0.2) is 21.7 Å². The van der Waals surface area contributed by atoms with E-state index in [4.69, 9.17) is 19.7 Å². The molecule has 0 saturated carbocycles. The zero-order chi connectivity index (χ0) is 42.8. The fourth-order valence-electron chi connectivity index (χ4n) is 9.84. The average molecular weight is 833 g/mol. The number of para-hydroxylation sites is 6. The monoisotopic (exact) mass is 832 g/mol. The lowest BCUT2D eigenvalue weighted by Crippen LogP contribution is -2.59. The van der Waals surface area contributed by atoms with E-state index in [1.54, 1.807) is 0 Å². The van der Waals surface area contributed by atoms with Crippen LogP contribution in [0.3, 0.4) is 0 Å². The summed E-state index contributed by atoms with van der Waals surface area (Å²) < 4.78 is 7.08. The van der Waals surface area contributed by atoms with Crippen LogP contribution in [0.2, 0.25) is 0 Å². The zero-order valence-electron chi connectivity index (χ0n) is 35.0. The van der Waals surface area contributed by atoms with Crippen molar-refractivity contribution >= 4 is 74.3 Å². The number of hydrogen-bond acceptors (Lipinski definition) is 7. The van der Waals surface area contributed by atoms with E-state index in [2.05, 4.69) is 178 Å². The number of ether oxygens (including phenoxy) is 1. The summed E-state index contributed by atoms with van der Waals surface area (Å²) in [5.74, 6) is 3.56. The first-order valence-electron chi connectivity index (χ1n) is 21.9. The van der Waals surface area contributed by atoms with E-state index in [0.29, 0.717) is 17.5 Å². The lowest BCUT2D eigenvalue weighted by molar-refractivity contribution is 0.487. The molecule has 0 saturated heterocycles. The molecule has 8 heteroatoms. The van der Waals surface area contributed by atoms with E-state index in [1.165, 1.54) is 5.46 Å². The lowest BCUT2D eigenvalue weighted by atomic mass is 9.34. The Bertz CT molecular complexity index is 3370. The van der Waals surface area contributed by atoms with E-state index < -0.39 is 0 Å². The first kappa shape index (κ1) is 36.9. The fourth-order valence-corrected chi connectivity index (χ4v) is 9.84. The van der Waals surface area contributed by atoms with Crippen LogP contribution in [-0.2, 0) is 0 Å². The first-order valence-corrected chi connectivity index (χ1v) is 21.9. The predicted octanol–water partition coefficient (Wildman–Crippen LogP) is 12.5. The molecule has 1 aromatic heterocycles. The molecule has 3 aliphatic heterocycles. The summed E-state index contributed by atoms with van der Waals surface area (Å²) in [5.41, 5.74) is 15.7. The molecule has 0 amide bonds. The van der Waals surface area contributed by atoms with Gasteiger partial charge in [0.05, 0.1) is 28.4 Å². The van der Waals surface area contributed by atoms with Gasteiger partial charge in [0.1, 0.15) is 11.5 Å². The highest BCUT2D eigenvalue weighted by Crippen LogP contribution is 2.60. The van der Waals surface area contributed by atoms with Gasteiger partial charge in [0, 0.05) is 45.5 Å². The van der Waals surface area contributed by atoms with Crippen LogP contribution < -0.4 is 35.8 Å². The van der Waals surface area contributed by atoms with Crippen molar-refractivity contribution < 1.29 is 4.74 Å². The number of nitrogens with zero attached hydrogens (tertiary/aromatic N) is 6. The highest BCUT2D eigenvalue weighted by atomic mass is 16.5. The van der Waals surface area contributed by atoms with Gasteiger partial charge in [-0.25, -0.2) is 15.0 Å². The molecule has 7 nitrogen and oxygen atoms in total. The Balaban J connectivity index is 1.06. The Hall–Kier alpha value is -8.75. The second kappa shape index (κ2) is 15.0. The molecule has 65 heavy (non-hydrogen) atoms. The highest BCUT2D eigenvalue weighted by molar-refractivity contribution is 6.99. The Morgan fingerprint density at radius 2 is 0.754 bits per heavy atom. The van der Waals surface area contributed by atoms with E-state index in [0.717, 1.165) is 90.3 Å². The summed E-state index contributed by atoms with van der Waals surface area (Å²) in [5, 5.41) is 0. The van der Waals surface area contributed by atoms with Gasteiger partial charge in [-0.1, -0.05) is 146 Å². The van der Waals surface area contributed by atoms with Gasteiger partial charge >= 0.3 is 0 Å². The van der Waals surface area contributed by atoms with Crippen molar-refractivity contribution in [2.45, 2.75) is 0 Å². The van der Waals surface area contributed by atoms with Gasteiger partial charge in [-0.3, -0.25) is 0 Å². The Morgan fingerprint density at radius 3 is 1.34 bits per heavy atom. The molecule has 0 aliphatic carbocycles. The van der Waals surface area contributed by atoms with E-state index in [1.807, 2.05) is 60.7 Å². The third-order valence-corrected chi connectivity index (χ3v) is 12.6. The standard InChI is InChI=1S/C57H37BN6O/c1-5-19-38(20-6-1)55-59-56(39-21-7-2-8-22-39)61-57(60-55)40-33-35-43(36-34-40)62-47-30-16-17-31-48(47)64(42-25-11-4-12-26-42)53-49(62)37-51-52-54(53)63(41-23-9-3-10-24-41)46-29-15-13-27-44(46)58(52)45-28-14-18-32-50(45)65-51/h1-37H. The van der Waals surface area contributed by atoms with Crippen LogP contribution >= 0.6 is 0 Å². The molecule has 9 aromatic carbocycles. The second-order valence-electron chi connectivity index (χ2n) is 16.4. The SMILES string of the molecule is c1ccc(-c2nc(-c3ccccc3)nc(-c3ccc(N4c5ccccc5N(c5ccccc5)c5c4cc4c6c5N(c5ccccc5)c5ccccc5B6c5ccccc5O4)cc3)n2)cc1. The third kappa shape index (κ3) is 5.95. The third-order valence-electron chi connectivity index (χ3n) is 12.6. The summed E-state index contributed by atoms with van der Waals surface area (Å²) in [6.45, 7) is -0.0594. The molecular weight excluding hydrogens is 795 g/mol. The van der Waals surface area contributed by atoms with E-state index >= 15 is 0 Å². The predicted molar refractivity (Wildman–Crippen MR) is 265 cm³/mol. The maximum absolute atomic E-state index is 7.08. The van der Waals surface area contributed by atoms with Gasteiger partial charge in [0.15, 0.2) is 17.5 Å². The van der Waals surface area contributed by atoms with E-state index in [9.17, 15) is 0 Å². The summed E-state index contributed by atoms with van der Waals surface area (Å²) in [6.07, 6.45) is 0. The Kier molecular flexibility index (Phi) is 8.49. The number of anilines is 9. The summed E-state index contributed by atoms with van der Waals surface area (Å²) in [4.78, 5) is 22.3. The minimum atomic E-state index is -0.0594. The second-order valence-corrected chi connectivity index (χ2v) is 16.4. The van der Waals surface area contributed by atoms with Crippen molar-refractivity contribution in [1.82, 2.24) is 15.0 Å². The fraction of sp³-hybridized carbons (Fsp3) is 0. The van der Waals surface area contributed by atoms with Crippen LogP contribution in [0.15, 0.2) is 224 Å². The Labute approximate surface area is 377 Å². The maximum Gasteiger partial charge on any atom is 0.256 e. The summed E-state index contributed by atoms with van der Waals surface area (Å²) >= 11 is 0. The van der Waals surface area contributed by atoms with Crippen molar-refractivity contribution in [1.29, 1.82) is 0 Å². The maximum atomic E-state index is 7.08. The van der Waals surface area contributed by atoms with Crippen LogP contribution in [0.4, 0.5) is 51.2 Å². The van der Waals surface area contributed by atoms with Crippen molar-refractivity contribution in [2.24, 2.45) is 0 Å². The molecule has 13 rings (SSSR count). The molecule has 10 aromatic rings. The smallest absolute Gasteiger partial charge is 0.256 e. The molecule has 0 unspecified atom stereocenters. The van der Waals surface area contributed by atoms with Gasteiger partial charge in [-0.2, -0.15) is 0 Å². The normalized spacial score (nSPS) is 12.9. The number of fused-ring (bicyclic) bond motifs is 7. The van der Waals surface area contributed by atoms with Gasteiger partial charge in [0.25, 0.3) is 6.71 Å². The van der Waals surface area contributed by atoms with Crippen LogP contribution in [0.25, 0.3) is 34.2 Å². The molecule has 4 heterocycles. The molecule has 0 fully saturated rings. The highest BCUT2D eigenvalue weighted by Gasteiger charge is 2.46. The molecule has 304 valence electrons. The molecule has 3 aliphatic rings. The van der Waals surface area contributed by atoms with Gasteiger partial charge < -0.3 is 19.4 Å². The minimum absolute atomic E-state index is 0.0594. The van der Waals surface area contributed by atoms with Crippen LogP contribution in [0.1, 0.15) is 0 Å². The number of hydrogen-bond donors (Lipinski definition) is 0. The molecule has 0 bridgehead atoms. The average Bonchev–Trinajstić information content (AvgIpc) is 3.38. The lowest BCUT2D eigenvalue weighted by Gasteiger charge is -2.47. The molecule has 0 N–H and O–H groups in total. The van der Waals surface area contributed by atoms with Gasteiger partial charge in [-0.05, 0) is 89.2 Å². The van der Waals surface area contributed by atoms with Crippen molar-refractivity contribution in [3.63, 3.8) is 0 Å². The van der Waals surface area contributed by atoms with Gasteiger partial charge in [0.2, 0.25) is 0 Å². The number of benzene rings is 9. The molecule has 0 radical (unpaired) electrons. The largest absolute Gasteiger partial charge is 0.458 e. The number of rotatable bonds is 6. The molecule has 0 spiro atoms. The van der Waals surface area contributed by atoms with Crippen molar-refractivity contribution in [3.8, 4) is 45.7 Å². The number of aromatic nitrogens is 3. The van der Waals surface area contributed by atoms with Crippen molar-refractivity contribution in [3.05, 3.63) is 224 Å². The summed E-state index contributed by atoms with van der Waals surface area (Å²) in [6, 6.07) is 78.5. The first-order chi connectivity index (χ1) is 32.3. The Morgan fingerprint density at radius 1 is 0.323 bits per heavy atom. The van der Waals surface area contributed by atoms with Crippen molar-refractivity contribution in [2.75, 3.05) is 14.7 Å². The molecular formula is C57H37BN6O. The topological polar surface area (TPSA) is 57.6 Å². The zero-order valence-corrected chi connectivity index (χ0v) is 35.0. The minimum Gasteiger partial charge on any atom is -0.458 e. The van der Waals surface area contributed by atoms with Crippen LogP contribution in [0.5, 0.6) is 11.5 Å². The van der Waals surface area contributed by atoms with Crippen LogP contribution in [0, 0.1) is 0 Å². The van der Waals surface area contributed by atoms with E-state index in [-0.39, 0.29) is 6.71 Å². The quantitative estimate of drug-likeness (QED) is 0.155. The molecule has 0 atom stereocenters. The summed E-state index contributed by atoms with van der Waals surface area (Å²) in [7, 11) is 0.